The summed E-state index contributed by atoms with van der Waals surface area (Å²) < 4.78 is 2.12. The molecule has 0 saturated carbocycles. The highest BCUT2D eigenvalue weighted by Crippen LogP contribution is 2.36. The zero-order valence-electron chi connectivity index (χ0n) is 13.7. The molecule has 0 radical (unpaired) electrons. The van der Waals surface area contributed by atoms with Crippen molar-refractivity contribution >= 4 is 17.5 Å². The topological polar surface area (TPSA) is 48.0 Å². The number of aromatic nitrogens is 1. The molecule has 0 saturated heterocycles. The zero-order valence-corrected chi connectivity index (χ0v) is 14.5. The SMILES string of the molecule is Cc1c(C(N)=O)c(-c2ccccc2Cl)c(C)n1Cc1ccccc1. The van der Waals surface area contributed by atoms with Crippen molar-refractivity contribution in [1.29, 1.82) is 0 Å². The number of hydrogen-bond donors (Lipinski definition) is 1. The number of hydrogen-bond acceptors (Lipinski definition) is 1. The van der Waals surface area contributed by atoms with Crippen molar-refractivity contribution in [3.05, 3.63) is 82.1 Å². The fourth-order valence-electron chi connectivity index (χ4n) is 3.18. The van der Waals surface area contributed by atoms with Crippen LogP contribution in [-0.4, -0.2) is 10.5 Å². The van der Waals surface area contributed by atoms with Crippen LogP contribution in [0.4, 0.5) is 0 Å². The van der Waals surface area contributed by atoms with Gasteiger partial charge in [0.1, 0.15) is 0 Å². The number of carbonyl (C=O) groups is 1. The Bertz CT molecular complexity index is 898. The van der Waals surface area contributed by atoms with Gasteiger partial charge < -0.3 is 10.3 Å². The van der Waals surface area contributed by atoms with Crippen molar-refractivity contribution < 1.29 is 4.79 Å². The molecule has 0 bridgehead atoms. The molecule has 0 aliphatic carbocycles. The first-order valence-electron chi connectivity index (χ1n) is 7.79. The van der Waals surface area contributed by atoms with E-state index >= 15 is 0 Å². The third-order valence-electron chi connectivity index (χ3n) is 4.36. The van der Waals surface area contributed by atoms with Crippen molar-refractivity contribution in [3.63, 3.8) is 0 Å². The summed E-state index contributed by atoms with van der Waals surface area (Å²) in [6.07, 6.45) is 0. The Balaban J connectivity index is 2.21. The quantitative estimate of drug-likeness (QED) is 0.744. The van der Waals surface area contributed by atoms with E-state index in [1.54, 1.807) is 0 Å². The zero-order chi connectivity index (χ0) is 17.3. The van der Waals surface area contributed by atoms with E-state index in [0.29, 0.717) is 17.1 Å². The van der Waals surface area contributed by atoms with Crippen LogP contribution in [0.1, 0.15) is 27.3 Å². The molecule has 0 aliphatic rings. The van der Waals surface area contributed by atoms with Gasteiger partial charge in [0.05, 0.1) is 5.56 Å². The highest BCUT2D eigenvalue weighted by molar-refractivity contribution is 6.33. The van der Waals surface area contributed by atoms with Crippen LogP contribution < -0.4 is 5.73 Å². The van der Waals surface area contributed by atoms with Crippen LogP contribution in [0.5, 0.6) is 0 Å². The van der Waals surface area contributed by atoms with Crippen LogP contribution >= 0.6 is 11.6 Å². The van der Waals surface area contributed by atoms with E-state index in [1.807, 2.05) is 56.3 Å². The first-order valence-corrected chi connectivity index (χ1v) is 8.16. The van der Waals surface area contributed by atoms with E-state index < -0.39 is 5.91 Å². The molecule has 1 heterocycles. The maximum absolute atomic E-state index is 12.1. The molecule has 2 aromatic carbocycles. The Morgan fingerprint density at radius 1 is 1.00 bits per heavy atom. The lowest BCUT2D eigenvalue weighted by Gasteiger charge is -2.10. The molecule has 3 aromatic rings. The minimum Gasteiger partial charge on any atom is -0.366 e. The van der Waals surface area contributed by atoms with E-state index in [4.69, 9.17) is 17.3 Å². The number of benzene rings is 2. The second-order valence-corrected chi connectivity index (χ2v) is 6.24. The van der Waals surface area contributed by atoms with Crippen LogP contribution in [-0.2, 0) is 6.54 Å². The van der Waals surface area contributed by atoms with Gasteiger partial charge in [-0.15, -0.1) is 0 Å². The van der Waals surface area contributed by atoms with Gasteiger partial charge in [-0.25, -0.2) is 0 Å². The summed E-state index contributed by atoms with van der Waals surface area (Å²) in [5, 5.41) is 0.611. The molecule has 122 valence electrons. The van der Waals surface area contributed by atoms with Crippen molar-refractivity contribution in [1.82, 2.24) is 4.57 Å². The summed E-state index contributed by atoms with van der Waals surface area (Å²) in [4.78, 5) is 12.1. The maximum atomic E-state index is 12.1. The van der Waals surface area contributed by atoms with Gasteiger partial charge in [-0.1, -0.05) is 60.1 Å². The maximum Gasteiger partial charge on any atom is 0.251 e. The summed E-state index contributed by atoms with van der Waals surface area (Å²) in [6.45, 7) is 4.61. The molecular formula is C20H19ClN2O. The minimum absolute atomic E-state index is 0.433. The Morgan fingerprint density at radius 3 is 2.25 bits per heavy atom. The standard InChI is InChI=1S/C20H19ClN2O/c1-13-18(16-10-6-7-11-17(16)21)19(20(22)24)14(2)23(13)12-15-8-4-3-5-9-15/h3-11H,12H2,1-2H3,(H2,22,24). The van der Waals surface area contributed by atoms with Gasteiger partial charge in [0.2, 0.25) is 0 Å². The number of rotatable bonds is 4. The number of amides is 1. The molecule has 1 amide bonds. The van der Waals surface area contributed by atoms with Gasteiger partial charge in [-0.2, -0.15) is 0 Å². The third-order valence-corrected chi connectivity index (χ3v) is 4.69. The fourth-order valence-corrected chi connectivity index (χ4v) is 3.41. The molecule has 0 fully saturated rings. The highest BCUT2D eigenvalue weighted by atomic mass is 35.5. The van der Waals surface area contributed by atoms with Gasteiger partial charge in [0, 0.05) is 34.1 Å². The number of halogens is 1. The minimum atomic E-state index is -0.433. The van der Waals surface area contributed by atoms with E-state index in [0.717, 1.165) is 22.5 Å². The molecule has 2 N–H and O–H groups in total. The second-order valence-electron chi connectivity index (χ2n) is 5.84. The van der Waals surface area contributed by atoms with Crippen molar-refractivity contribution in [2.24, 2.45) is 5.73 Å². The van der Waals surface area contributed by atoms with Crippen molar-refractivity contribution in [3.8, 4) is 11.1 Å². The summed E-state index contributed by atoms with van der Waals surface area (Å²) in [5.41, 5.74) is 10.9. The van der Waals surface area contributed by atoms with Gasteiger partial charge in [-0.05, 0) is 25.5 Å². The van der Waals surface area contributed by atoms with E-state index in [2.05, 4.69) is 16.7 Å². The number of carbonyl (C=O) groups excluding carboxylic acids is 1. The van der Waals surface area contributed by atoms with E-state index in [1.165, 1.54) is 5.56 Å². The Labute approximate surface area is 146 Å². The van der Waals surface area contributed by atoms with Gasteiger partial charge >= 0.3 is 0 Å². The van der Waals surface area contributed by atoms with Crippen molar-refractivity contribution in [2.75, 3.05) is 0 Å². The lowest BCUT2D eigenvalue weighted by Crippen LogP contribution is -2.13. The Hall–Kier alpha value is -2.52. The predicted octanol–water partition coefficient (Wildman–Crippen LogP) is 4.57. The lowest BCUT2D eigenvalue weighted by molar-refractivity contribution is 0.1000. The molecular weight excluding hydrogens is 320 g/mol. The molecule has 1 aromatic heterocycles. The normalized spacial score (nSPS) is 10.8. The average Bonchev–Trinajstić information content (AvgIpc) is 2.81. The Kier molecular flexibility index (Phi) is 4.45. The summed E-state index contributed by atoms with van der Waals surface area (Å²) in [6, 6.07) is 17.7. The van der Waals surface area contributed by atoms with Crippen LogP contribution in [0, 0.1) is 13.8 Å². The van der Waals surface area contributed by atoms with Crippen LogP contribution in [0.3, 0.4) is 0 Å². The molecule has 4 heteroatoms. The molecule has 0 aliphatic heterocycles. The molecule has 0 spiro atoms. The third kappa shape index (κ3) is 2.83. The number of nitrogens with two attached hydrogens (primary N) is 1. The first-order chi connectivity index (χ1) is 11.5. The summed E-state index contributed by atoms with van der Waals surface area (Å²) >= 11 is 6.37. The Morgan fingerprint density at radius 2 is 1.62 bits per heavy atom. The first kappa shape index (κ1) is 16.3. The lowest BCUT2D eigenvalue weighted by atomic mass is 10.00. The largest absolute Gasteiger partial charge is 0.366 e. The summed E-state index contributed by atoms with van der Waals surface area (Å²) in [5.74, 6) is -0.433. The van der Waals surface area contributed by atoms with E-state index in [-0.39, 0.29) is 0 Å². The number of nitrogens with zero attached hydrogens (tertiary/aromatic N) is 1. The highest BCUT2D eigenvalue weighted by Gasteiger charge is 2.23. The smallest absolute Gasteiger partial charge is 0.251 e. The van der Waals surface area contributed by atoms with Gasteiger partial charge in [0.25, 0.3) is 5.91 Å². The van der Waals surface area contributed by atoms with Gasteiger partial charge in [0.15, 0.2) is 0 Å². The van der Waals surface area contributed by atoms with Gasteiger partial charge in [-0.3, -0.25) is 4.79 Å². The molecule has 0 unspecified atom stereocenters. The van der Waals surface area contributed by atoms with Crippen molar-refractivity contribution in [2.45, 2.75) is 20.4 Å². The van der Waals surface area contributed by atoms with Crippen LogP contribution in [0.25, 0.3) is 11.1 Å². The monoisotopic (exact) mass is 338 g/mol. The second kappa shape index (κ2) is 6.54. The molecule has 0 atom stereocenters. The van der Waals surface area contributed by atoms with E-state index in [9.17, 15) is 4.79 Å². The summed E-state index contributed by atoms with van der Waals surface area (Å²) in [7, 11) is 0. The average molecular weight is 339 g/mol. The van der Waals surface area contributed by atoms with Crippen LogP contribution in [0.15, 0.2) is 54.6 Å². The number of primary amides is 1. The molecule has 3 nitrogen and oxygen atoms in total. The molecule has 3 rings (SSSR count). The van der Waals surface area contributed by atoms with Crippen LogP contribution in [0.2, 0.25) is 5.02 Å². The fraction of sp³-hybridized carbons (Fsp3) is 0.150. The molecule has 24 heavy (non-hydrogen) atoms. The predicted molar refractivity (Wildman–Crippen MR) is 98.4 cm³/mol.